The second kappa shape index (κ2) is 10.0. The van der Waals surface area contributed by atoms with Gasteiger partial charge < -0.3 is 23.8 Å². The number of ether oxygens (including phenoxy) is 4. The van der Waals surface area contributed by atoms with Crippen LogP contribution in [0.4, 0.5) is 0 Å². The number of hydrogen-bond donors (Lipinski definition) is 0. The number of hydrogen-bond acceptors (Lipinski definition) is 6. The van der Waals surface area contributed by atoms with Gasteiger partial charge in [-0.3, -0.25) is 9.69 Å². The molecule has 176 valence electrons. The monoisotopic (exact) mass is 452 g/mol. The molecule has 0 aromatic heterocycles. The number of likely N-dealkylation sites (tertiary alicyclic amines) is 1. The van der Waals surface area contributed by atoms with Crippen LogP contribution in [-0.2, 0) is 16.1 Å². The van der Waals surface area contributed by atoms with Crippen LogP contribution in [0.2, 0.25) is 0 Å². The van der Waals surface area contributed by atoms with Crippen LogP contribution in [-0.4, -0.2) is 68.5 Å². The van der Waals surface area contributed by atoms with Crippen LogP contribution in [0, 0.1) is 5.92 Å². The Hall–Kier alpha value is -2.77. The van der Waals surface area contributed by atoms with Crippen molar-refractivity contribution in [3.63, 3.8) is 0 Å². The molecule has 1 atom stereocenters. The molecule has 0 N–H and O–H groups in total. The van der Waals surface area contributed by atoms with Crippen molar-refractivity contribution in [3.05, 3.63) is 42.0 Å². The highest BCUT2D eigenvalue weighted by Crippen LogP contribution is 2.37. The molecule has 0 spiro atoms. The zero-order valence-electron chi connectivity index (χ0n) is 19.3. The Bertz CT molecular complexity index is 989. The maximum Gasteiger partial charge on any atom is 0.260 e. The van der Waals surface area contributed by atoms with E-state index in [-0.39, 0.29) is 19.3 Å². The number of rotatable bonds is 6. The summed E-state index contributed by atoms with van der Waals surface area (Å²) in [5.41, 5.74) is 3.28. The molecule has 3 aliphatic heterocycles. The molecule has 33 heavy (non-hydrogen) atoms. The van der Waals surface area contributed by atoms with E-state index < -0.39 is 0 Å². The molecule has 2 saturated heterocycles. The minimum absolute atomic E-state index is 0.00990. The predicted octanol–water partition coefficient (Wildman–Crippen LogP) is 3.55. The third-order valence-corrected chi connectivity index (χ3v) is 6.62. The SMILES string of the molecule is C[C@@H]1CCCN(Cc2cc(-c3ccc4c(c3)OCO4)ccc2OCC(=O)N2CCOCC2)C1. The van der Waals surface area contributed by atoms with Crippen molar-refractivity contribution >= 4 is 5.91 Å². The Morgan fingerprint density at radius 1 is 1.03 bits per heavy atom. The van der Waals surface area contributed by atoms with Gasteiger partial charge in [0.1, 0.15) is 5.75 Å². The molecular formula is C26H32N2O5. The molecule has 7 nitrogen and oxygen atoms in total. The van der Waals surface area contributed by atoms with Gasteiger partial charge in [-0.25, -0.2) is 0 Å². The van der Waals surface area contributed by atoms with Crippen LogP contribution >= 0.6 is 0 Å². The zero-order chi connectivity index (χ0) is 22.6. The van der Waals surface area contributed by atoms with Crippen molar-refractivity contribution in [2.45, 2.75) is 26.3 Å². The van der Waals surface area contributed by atoms with E-state index in [1.807, 2.05) is 23.1 Å². The van der Waals surface area contributed by atoms with Gasteiger partial charge in [0.05, 0.1) is 13.2 Å². The molecule has 0 radical (unpaired) electrons. The number of carbonyl (C=O) groups is 1. The highest BCUT2D eigenvalue weighted by atomic mass is 16.7. The van der Waals surface area contributed by atoms with E-state index in [9.17, 15) is 4.79 Å². The number of fused-ring (bicyclic) bond motifs is 1. The molecule has 2 fully saturated rings. The highest BCUT2D eigenvalue weighted by molar-refractivity contribution is 5.78. The molecule has 0 aliphatic carbocycles. The summed E-state index contributed by atoms with van der Waals surface area (Å²) in [6, 6.07) is 12.3. The fourth-order valence-corrected chi connectivity index (χ4v) is 4.81. The number of amides is 1. The second-order valence-electron chi connectivity index (χ2n) is 9.15. The Morgan fingerprint density at radius 2 is 1.82 bits per heavy atom. The number of morpholine rings is 1. The molecule has 1 amide bonds. The van der Waals surface area contributed by atoms with Crippen molar-refractivity contribution in [2.24, 2.45) is 5.92 Å². The summed E-state index contributed by atoms with van der Waals surface area (Å²) in [4.78, 5) is 16.9. The standard InChI is InChI=1S/C26H32N2O5/c1-19-3-2-8-27(15-19)16-22-13-20(21-5-7-24-25(14-21)33-18-32-24)4-6-23(22)31-17-26(29)28-9-11-30-12-10-28/h4-7,13-14,19H,2-3,8-12,15-18H2,1H3/t19-/m1/s1. The van der Waals surface area contributed by atoms with E-state index in [2.05, 4.69) is 30.0 Å². The van der Waals surface area contributed by atoms with E-state index in [1.165, 1.54) is 12.8 Å². The van der Waals surface area contributed by atoms with E-state index in [1.54, 1.807) is 0 Å². The smallest absolute Gasteiger partial charge is 0.260 e. The van der Waals surface area contributed by atoms with Crippen LogP contribution in [0.5, 0.6) is 17.2 Å². The van der Waals surface area contributed by atoms with Crippen LogP contribution < -0.4 is 14.2 Å². The first kappa shape index (κ1) is 22.0. The van der Waals surface area contributed by atoms with E-state index in [0.717, 1.165) is 53.6 Å². The third-order valence-electron chi connectivity index (χ3n) is 6.62. The minimum atomic E-state index is 0.00990. The average molecular weight is 453 g/mol. The first-order valence-electron chi connectivity index (χ1n) is 11.9. The van der Waals surface area contributed by atoms with Crippen molar-refractivity contribution in [1.82, 2.24) is 9.80 Å². The van der Waals surface area contributed by atoms with Gasteiger partial charge in [0, 0.05) is 31.7 Å². The molecule has 2 aromatic rings. The van der Waals surface area contributed by atoms with Gasteiger partial charge in [-0.15, -0.1) is 0 Å². The molecule has 2 aromatic carbocycles. The molecule has 0 bridgehead atoms. The van der Waals surface area contributed by atoms with Gasteiger partial charge >= 0.3 is 0 Å². The summed E-state index contributed by atoms with van der Waals surface area (Å²) in [5.74, 6) is 3.04. The van der Waals surface area contributed by atoms with Crippen LogP contribution in [0.15, 0.2) is 36.4 Å². The first-order valence-corrected chi connectivity index (χ1v) is 11.9. The summed E-state index contributed by atoms with van der Waals surface area (Å²) in [6.07, 6.45) is 2.50. The highest BCUT2D eigenvalue weighted by Gasteiger charge is 2.21. The zero-order valence-corrected chi connectivity index (χ0v) is 19.3. The van der Waals surface area contributed by atoms with E-state index >= 15 is 0 Å². The molecule has 7 heteroatoms. The van der Waals surface area contributed by atoms with Crippen LogP contribution in [0.3, 0.4) is 0 Å². The Labute approximate surface area is 195 Å². The lowest BCUT2D eigenvalue weighted by Gasteiger charge is -2.31. The van der Waals surface area contributed by atoms with Crippen LogP contribution in [0.1, 0.15) is 25.3 Å². The largest absolute Gasteiger partial charge is 0.483 e. The number of benzene rings is 2. The molecule has 5 rings (SSSR count). The summed E-state index contributed by atoms with van der Waals surface area (Å²) in [6.45, 7) is 8.05. The maximum atomic E-state index is 12.6. The van der Waals surface area contributed by atoms with Gasteiger partial charge in [0.25, 0.3) is 5.91 Å². The van der Waals surface area contributed by atoms with Crippen molar-refractivity contribution in [1.29, 1.82) is 0 Å². The quantitative estimate of drug-likeness (QED) is 0.668. The van der Waals surface area contributed by atoms with Gasteiger partial charge in [0.15, 0.2) is 18.1 Å². The summed E-state index contributed by atoms with van der Waals surface area (Å²) in [5, 5.41) is 0. The maximum absolute atomic E-state index is 12.6. The normalized spacial score (nSPS) is 20.6. The van der Waals surface area contributed by atoms with E-state index in [4.69, 9.17) is 18.9 Å². The lowest BCUT2D eigenvalue weighted by atomic mass is 9.98. The summed E-state index contributed by atoms with van der Waals surface area (Å²) < 4.78 is 22.5. The minimum Gasteiger partial charge on any atom is -0.483 e. The molecule has 0 unspecified atom stereocenters. The Balaban J connectivity index is 1.36. The third kappa shape index (κ3) is 5.25. The fraction of sp³-hybridized carbons (Fsp3) is 0.500. The number of nitrogens with zero attached hydrogens (tertiary/aromatic N) is 2. The lowest BCUT2D eigenvalue weighted by Crippen LogP contribution is -2.43. The van der Waals surface area contributed by atoms with Gasteiger partial charge in [-0.1, -0.05) is 19.1 Å². The molecule has 3 aliphatic rings. The summed E-state index contributed by atoms with van der Waals surface area (Å²) >= 11 is 0. The van der Waals surface area contributed by atoms with Gasteiger partial charge in [-0.2, -0.15) is 0 Å². The van der Waals surface area contributed by atoms with Crippen molar-refractivity contribution < 1.29 is 23.7 Å². The Kier molecular flexibility index (Phi) is 6.69. The van der Waals surface area contributed by atoms with Crippen molar-refractivity contribution in [3.8, 4) is 28.4 Å². The second-order valence-corrected chi connectivity index (χ2v) is 9.15. The molecule has 3 heterocycles. The fourth-order valence-electron chi connectivity index (χ4n) is 4.81. The van der Waals surface area contributed by atoms with Gasteiger partial charge in [-0.05, 0) is 60.7 Å². The first-order chi connectivity index (χ1) is 16.2. The van der Waals surface area contributed by atoms with Crippen LogP contribution in [0.25, 0.3) is 11.1 Å². The van der Waals surface area contributed by atoms with Crippen molar-refractivity contribution in [2.75, 3.05) is 52.8 Å². The molecular weight excluding hydrogens is 420 g/mol. The Morgan fingerprint density at radius 3 is 2.67 bits per heavy atom. The average Bonchev–Trinajstić information content (AvgIpc) is 3.31. The lowest BCUT2D eigenvalue weighted by molar-refractivity contribution is -0.137. The number of piperidine rings is 1. The molecule has 0 saturated carbocycles. The predicted molar refractivity (Wildman–Crippen MR) is 125 cm³/mol. The van der Waals surface area contributed by atoms with E-state index in [0.29, 0.717) is 32.2 Å². The topological polar surface area (TPSA) is 60.5 Å². The van der Waals surface area contributed by atoms with Gasteiger partial charge in [0.2, 0.25) is 6.79 Å². The summed E-state index contributed by atoms with van der Waals surface area (Å²) in [7, 11) is 0. The number of carbonyl (C=O) groups excluding carboxylic acids is 1.